The first-order chi connectivity index (χ1) is 10.3. The molecule has 2 atom stereocenters. The summed E-state index contributed by atoms with van der Waals surface area (Å²) in [5.74, 6) is 0.805. The first kappa shape index (κ1) is 14.0. The predicted octanol–water partition coefficient (Wildman–Crippen LogP) is 1.47. The molecule has 0 amide bonds. The highest BCUT2D eigenvalue weighted by Gasteiger charge is 2.32. The average molecular weight is 288 g/mol. The molecule has 1 saturated heterocycles. The van der Waals surface area contributed by atoms with Crippen LogP contribution in [0.15, 0.2) is 36.8 Å². The van der Waals surface area contributed by atoms with Crippen LogP contribution >= 0.6 is 0 Å². The number of likely N-dealkylation sites (tertiary alicyclic amines) is 1. The summed E-state index contributed by atoms with van der Waals surface area (Å²) in [6.07, 6.45) is 6.50. The van der Waals surface area contributed by atoms with Crippen molar-refractivity contribution in [2.75, 3.05) is 20.3 Å². The number of methoxy groups -OCH3 is 1. The molecule has 2 aromatic heterocycles. The first-order valence-electron chi connectivity index (χ1n) is 7.13. The molecule has 1 fully saturated rings. The molecule has 2 aromatic rings. The van der Waals surface area contributed by atoms with Crippen molar-refractivity contribution >= 4 is 0 Å². The molecular weight excluding hydrogens is 268 g/mol. The second-order valence-corrected chi connectivity index (χ2v) is 5.26. The highest BCUT2D eigenvalue weighted by atomic mass is 16.5. The molecule has 0 radical (unpaired) electrons. The lowest BCUT2D eigenvalue weighted by molar-refractivity contribution is 0.107. The van der Waals surface area contributed by atoms with E-state index in [0.29, 0.717) is 12.6 Å². The van der Waals surface area contributed by atoms with Gasteiger partial charge in [0.25, 0.3) is 0 Å². The predicted molar refractivity (Wildman–Crippen MR) is 77.9 cm³/mol. The molecule has 0 bridgehead atoms. The van der Waals surface area contributed by atoms with Crippen LogP contribution in [0, 0.1) is 0 Å². The van der Waals surface area contributed by atoms with Crippen LogP contribution in [-0.4, -0.2) is 52.5 Å². The van der Waals surface area contributed by atoms with Gasteiger partial charge in [0, 0.05) is 44.3 Å². The van der Waals surface area contributed by atoms with E-state index >= 15 is 0 Å². The first-order valence-corrected chi connectivity index (χ1v) is 7.13. The third-order valence-corrected chi connectivity index (χ3v) is 3.83. The molecule has 0 aliphatic carbocycles. The Morgan fingerprint density at radius 1 is 1.38 bits per heavy atom. The van der Waals surface area contributed by atoms with Gasteiger partial charge in [-0.3, -0.25) is 15.0 Å². The van der Waals surface area contributed by atoms with Crippen molar-refractivity contribution in [3.8, 4) is 5.75 Å². The van der Waals surface area contributed by atoms with Gasteiger partial charge in [0.05, 0.1) is 12.3 Å². The number of aromatic amines is 1. The van der Waals surface area contributed by atoms with Gasteiger partial charge in [0.15, 0.2) is 0 Å². The van der Waals surface area contributed by atoms with E-state index in [9.17, 15) is 0 Å². The fourth-order valence-corrected chi connectivity index (χ4v) is 2.69. The van der Waals surface area contributed by atoms with Crippen LogP contribution in [0.4, 0.5) is 0 Å². The molecule has 3 heterocycles. The minimum Gasteiger partial charge on any atom is -0.490 e. The van der Waals surface area contributed by atoms with Crippen molar-refractivity contribution < 1.29 is 9.47 Å². The molecule has 1 aliphatic rings. The van der Waals surface area contributed by atoms with Gasteiger partial charge in [0.2, 0.25) is 0 Å². The maximum atomic E-state index is 5.85. The second kappa shape index (κ2) is 6.69. The minimum absolute atomic E-state index is 0.260. The molecule has 0 spiro atoms. The number of H-pyrrole nitrogens is 1. The van der Waals surface area contributed by atoms with Crippen LogP contribution in [-0.2, 0) is 11.3 Å². The molecule has 6 heteroatoms. The van der Waals surface area contributed by atoms with Gasteiger partial charge in [-0.15, -0.1) is 0 Å². The van der Waals surface area contributed by atoms with Crippen LogP contribution in [0.5, 0.6) is 5.75 Å². The number of rotatable bonds is 6. The zero-order valence-corrected chi connectivity index (χ0v) is 12.1. The van der Waals surface area contributed by atoms with Crippen LogP contribution in [0.3, 0.4) is 0 Å². The molecule has 3 rings (SSSR count). The lowest BCUT2D eigenvalue weighted by atomic mass is 10.2. The smallest absolute Gasteiger partial charge is 0.137 e. The lowest BCUT2D eigenvalue weighted by Crippen LogP contribution is -2.34. The van der Waals surface area contributed by atoms with Crippen LogP contribution in [0.2, 0.25) is 0 Å². The zero-order chi connectivity index (χ0) is 14.5. The molecular formula is C15H20N4O2. The standard InChI is InChI=1S/C15H20N4O2/c1-20-15-7-13(11-21-14-3-2-5-16-8-14)19(10-15)9-12-4-6-17-18-12/h2-6,8,13,15H,7,9-11H2,1H3,(H,17,18)/t13-,15+/m0/s1. The summed E-state index contributed by atoms with van der Waals surface area (Å²) in [5, 5.41) is 7.01. The van der Waals surface area contributed by atoms with Crippen molar-refractivity contribution in [3.63, 3.8) is 0 Å². The van der Waals surface area contributed by atoms with Gasteiger partial charge in [-0.25, -0.2) is 0 Å². The molecule has 0 aromatic carbocycles. The van der Waals surface area contributed by atoms with Gasteiger partial charge in [-0.2, -0.15) is 5.10 Å². The molecule has 1 aliphatic heterocycles. The Labute approximate surface area is 124 Å². The number of pyridine rings is 1. The Balaban J connectivity index is 1.60. The zero-order valence-electron chi connectivity index (χ0n) is 12.1. The summed E-state index contributed by atoms with van der Waals surface area (Å²) in [7, 11) is 1.77. The number of hydrogen-bond donors (Lipinski definition) is 1. The van der Waals surface area contributed by atoms with Gasteiger partial charge in [0.1, 0.15) is 12.4 Å². The summed E-state index contributed by atoms with van der Waals surface area (Å²) in [6, 6.07) is 6.14. The number of hydrogen-bond acceptors (Lipinski definition) is 5. The normalized spacial score (nSPS) is 22.5. The number of nitrogens with one attached hydrogen (secondary N) is 1. The summed E-state index contributed by atoms with van der Waals surface area (Å²) in [4.78, 5) is 6.44. The number of nitrogens with zero attached hydrogens (tertiary/aromatic N) is 3. The Morgan fingerprint density at radius 3 is 3.05 bits per heavy atom. The lowest BCUT2D eigenvalue weighted by Gasteiger charge is -2.23. The van der Waals surface area contributed by atoms with Gasteiger partial charge in [-0.05, 0) is 24.6 Å². The molecule has 1 N–H and O–H groups in total. The van der Waals surface area contributed by atoms with Gasteiger partial charge < -0.3 is 9.47 Å². The maximum absolute atomic E-state index is 5.85. The van der Waals surface area contributed by atoms with E-state index < -0.39 is 0 Å². The van der Waals surface area contributed by atoms with Crippen LogP contribution < -0.4 is 4.74 Å². The SMILES string of the molecule is CO[C@@H]1C[C@@H](COc2cccnc2)N(Cc2ccn[nH]2)C1. The molecule has 0 unspecified atom stereocenters. The van der Waals surface area contributed by atoms with Crippen LogP contribution in [0.1, 0.15) is 12.1 Å². The van der Waals surface area contributed by atoms with Crippen molar-refractivity contribution in [3.05, 3.63) is 42.5 Å². The Bertz CT molecular complexity index is 532. The van der Waals surface area contributed by atoms with E-state index in [-0.39, 0.29) is 6.10 Å². The number of aromatic nitrogens is 3. The fraction of sp³-hybridized carbons (Fsp3) is 0.467. The largest absolute Gasteiger partial charge is 0.490 e. The third kappa shape index (κ3) is 3.59. The fourth-order valence-electron chi connectivity index (χ4n) is 2.69. The minimum atomic E-state index is 0.260. The van der Waals surface area contributed by atoms with Gasteiger partial charge in [-0.1, -0.05) is 0 Å². The highest BCUT2D eigenvalue weighted by Crippen LogP contribution is 2.22. The summed E-state index contributed by atoms with van der Waals surface area (Å²) in [5.41, 5.74) is 1.11. The molecule has 112 valence electrons. The monoisotopic (exact) mass is 288 g/mol. The highest BCUT2D eigenvalue weighted by molar-refractivity contribution is 5.15. The Morgan fingerprint density at radius 2 is 2.33 bits per heavy atom. The van der Waals surface area contributed by atoms with E-state index in [0.717, 1.165) is 31.0 Å². The summed E-state index contributed by atoms with van der Waals surface area (Å²) in [6.45, 7) is 2.39. The van der Waals surface area contributed by atoms with Crippen LogP contribution in [0.25, 0.3) is 0 Å². The van der Waals surface area contributed by atoms with Crippen molar-refractivity contribution in [1.29, 1.82) is 0 Å². The van der Waals surface area contributed by atoms with E-state index in [4.69, 9.17) is 9.47 Å². The Kier molecular flexibility index (Phi) is 4.47. The topological polar surface area (TPSA) is 63.3 Å². The third-order valence-electron chi connectivity index (χ3n) is 3.83. The molecule has 6 nitrogen and oxygen atoms in total. The van der Waals surface area contributed by atoms with Crippen molar-refractivity contribution in [2.45, 2.75) is 25.1 Å². The van der Waals surface area contributed by atoms with E-state index in [1.54, 1.807) is 25.7 Å². The second-order valence-electron chi connectivity index (χ2n) is 5.26. The molecule has 21 heavy (non-hydrogen) atoms. The summed E-state index contributed by atoms with van der Waals surface area (Å²) < 4.78 is 11.4. The van der Waals surface area contributed by atoms with Crippen molar-refractivity contribution in [2.24, 2.45) is 0 Å². The molecule has 0 saturated carbocycles. The quantitative estimate of drug-likeness (QED) is 0.872. The van der Waals surface area contributed by atoms with Gasteiger partial charge >= 0.3 is 0 Å². The Hall–Kier alpha value is -1.92. The summed E-state index contributed by atoms with van der Waals surface area (Å²) >= 11 is 0. The van der Waals surface area contributed by atoms with Crippen molar-refractivity contribution in [1.82, 2.24) is 20.1 Å². The van der Waals surface area contributed by atoms with E-state index in [1.165, 1.54) is 0 Å². The number of ether oxygens (including phenoxy) is 2. The average Bonchev–Trinajstić information content (AvgIpc) is 3.16. The van der Waals surface area contributed by atoms with E-state index in [1.807, 2.05) is 18.2 Å². The van der Waals surface area contributed by atoms with E-state index in [2.05, 4.69) is 20.1 Å². The maximum Gasteiger partial charge on any atom is 0.137 e.